The Kier molecular flexibility index (Phi) is 8.63. The summed E-state index contributed by atoms with van der Waals surface area (Å²) in [7, 11) is 0. The van der Waals surface area contributed by atoms with Crippen LogP contribution in [-0.2, 0) is 4.74 Å². The Morgan fingerprint density at radius 3 is 2.36 bits per heavy atom. The third-order valence-corrected chi connectivity index (χ3v) is 14.5. The van der Waals surface area contributed by atoms with Crippen LogP contribution < -0.4 is 10.6 Å². The van der Waals surface area contributed by atoms with E-state index in [4.69, 9.17) is 4.74 Å². The summed E-state index contributed by atoms with van der Waals surface area (Å²) in [6.45, 7) is 12.4. The topological polar surface area (TPSA) is 67.4 Å². The maximum Gasteiger partial charge on any atom is 0.415 e. The predicted molar refractivity (Wildman–Crippen MR) is 206 cm³/mol. The number of nitrogens with one attached hydrogen (secondary N) is 2. The molecule has 2 N–H and O–H groups in total. The summed E-state index contributed by atoms with van der Waals surface area (Å²) in [6.07, 6.45) is 15.1. The number of rotatable bonds is 7. The van der Waals surface area contributed by atoms with Crippen LogP contribution in [0, 0.1) is 46.3 Å². The highest BCUT2D eigenvalue weighted by molar-refractivity contribution is 6.26. The van der Waals surface area contributed by atoms with Gasteiger partial charge < -0.3 is 10.1 Å². The van der Waals surface area contributed by atoms with Crippen LogP contribution in [0.3, 0.4) is 0 Å². The maximum atomic E-state index is 13.1. The first-order valence-corrected chi connectivity index (χ1v) is 19.7. The molecule has 3 saturated carbocycles. The van der Waals surface area contributed by atoms with E-state index >= 15 is 0 Å². The Morgan fingerprint density at radius 1 is 0.840 bits per heavy atom. The van der Waals surface area contributed by atoms with Gasteiger partial charge in [-0.25, -0.2) is 14.9 Å². The van der Waals surface area contributed by atoms with Crippen molar-refractivity contribution in [2.45, 2.75) is 111 Å². The molecule has 8 rings (SSSR count). The third-order valence-electron chi connectivity index (χ3n) is 14.5. The predicted octanol–water partition coefficient (Wildman–Crippen LogP) is 12.3. The smallest absolute Gasteiger partial charge is 0.415 e. The first-order valence-electron chi connectivity index (χ1n) is 19.7. The standard InChI is InChI=1S/C45H56N2O3/c1-27(2)8-6-9-28(3)36-19-20-37-34-18-16-32-26-33(22-24-44(32,4)38(34)23-25-45(36,37)5)50-43(49)47-42(48)46-39-21-15-31-13-12-29-10-7-11-30-14-17-35(39)41(31)40(29)30/h7,10-17,21,27-28,33-34,36-38H,6,8-9,18-20,22-26H2,1-5H3,(H2,46,47,48,49)/t28-,33+,34+,36-,37+,38+,44+,45-/m1/s1. The summed E-state index contributed by atoms with van der Waals surface area (Å²) in [4.78, 5) is 26.1. The summed E-state index contributed by atoms with van der Waals surface area (Å²) in [5.41, 5.74) is 2.83. The van der Waals surface area contributed by atoms with Gasteiger partial charge in [0.2, 0.25) is 0 Å². The summed E-state index contributed by atoms with van der Waals surface area (Å²) in [6, 6.07) is 18.1. The number of benzene rings is 4. The van der Waals surface area contributed by atoms with Crippen molar-refractivity contribution < 1.29 is 14.3 Å². The molecular formula is C45H56N2O3. The Morgan fingerprint density at radius 2 is 1.58 bits per heavy atom. The van der Waals surface area contributed by atoms with E-state index in [1.165, 1.54) is 73.1 Å². The minimum Gasteiger partial charge on any atom is -0.446 e. The normalized spacial score (nSPS) is 31.2. The molecule has 0 aliphatic heterocycles. The molecule has 0 radical (unpaired) electrons. The zero-order valence-electron chi connectivity index (χ0n) is 30.8. The average Bonchev–Trinajstić information content (AvgIpc) is 3.45. The van der Waals surface area contributed by atoms with Gasteiger partial charge in [0.15, 0.2) is 0 Å². The van der Waals surface area contributed by atoms with E-state index in [1.807, 2.05) is 18.2 Å². The summed E-state index contributed by atoms with van der Waals surface area (Å²) < 4.78 is 5.93. The molecule has 50 heavy (non-hydrogen) atoms. The molecule has 0 bridgehead atoms. The lowest BCUT2D eigenvalue weighted by molar-refractivity contribution is -0.0580. The van der Waals surface area contributed by atoms with Crippen LogP contribution >= 0.6 is 0 Å². The van der Waals surface area contributed by atoms with Crippen molar-refractivity contribution in [3.05, 3.63) is 66.2 Å². The van der Waals surface area contributed by atoms with Crippen molar-refractivity contribution in [3.63, 3.8) is 0 Å². The molecule has 0 heterocycles. The van der Waals surface area contributed by atoms with Crippen LogP contribution in [0.25, 0.3) is 32.3 Å². The maximum absolute atomic E-state index is 13.1. The largest absolute Gasteiger partial charge is 0.446 e. The molecule has 0 unspecified atom stereocenters. The lowest BCUT2D eigenvalue weighted by Gasteiger charge is -2.58. The Balaban J connectivity index is 0.895. The molecule has 4 aliphatic carbocycles. The SMILES string of the molecule is CC(C)CCC[C@@H](C)[C@H]1CC[C@H]2[C@@H]3CC=C4C[C@@H](OC(=O)NC(=O)Nc5ccc6ccc7cccc8ccc5c6c78)CC[C@]4(C)[C@H]3CC[C@]12C. The van der Waals surface area contributed by atoms with E-state index in [9.17, 15) is 9.59 Å². The second-order valence-electron chi connectivity index (χ2n) is 17.6. The van der Waals surface area contributed by atoms with E-state index in [0.29, 0.717) is 11.1 Å². The molecule has 4 aromatic rings. The molecular weight excluding hydrogens is 617 g/mol. The molecule has 4 aliphatic rings. The minimum atomic E-state index is -0.670. The fourth-order valence-corrected chi connectivity index (χ4v) is 12.0. The highest BCUT2D eigenvalue weighted by atomic mass is 16.6. The first kappa shape index (κ1) is 33.5. The van der Waals surface area contributed by atoms with Crippen molar-refractivity contribution in [2.75, 3.05) is 5.32 Å². The highest BCUT2D eigenvalue weighted by Crippen LogP contribution is 2.67. The fourth-order valence-electron chi connectivity index (χ4n) is 12.0. The first-order chi connectivity index (χ1) is 24.0. The number of ether oxygens (including phenoxy) is 1. The van der Waals surface area contributed by atoms with Gasteiger partial charge in [0, 0.05) is 11.8 Å². The quantitative estimate of drug-likeness (QED) is 0.152. The number of fused-ring (bicyclic) bond motifs is 5. The number of anilines is 1. The van der Waals surface area contributed by atoms with E-state index in [1.54, 1.807) is 0 Å². The molecule has 3 fully saturated rings. The lowest BCUT2D eigenvalue weighted by atomic mass is 9.47. The van der Waals surface area contributed by atoms with Crippen LogP contribution in [0.15, 0.2) is 66.2 Å². The molecule has 0 aromatic heterocycles. The van der Waals surface area contributed by atoms with Crippen molar-refractivity contribution in [3.8, 4) is 0 Å². The number of alkyl carbamates (subject to hydrolysis) is 1. The molecule has 5 nitrogen and oxygen atoms in total. The molecule has 3 amide bonds. The molecule has 4 aromatic carbocycles. The number of carbonyl (C=O) groups excluding carboxylic acids is 2. The van der Waals surface area contributed by atoms with Gasteiger partial charge in [0.05, 0.1) is 5.69 Å². The van der Waals surface area contributed by atoms with Crippen LogP contribution in [0.2, 0.25) is 0 Å². The van der Waals surface area contributed by atoms with Gasteiger partial charge in [-0.15, -0.1) is 0 Å². The van der Waals surface area contributed by atoms with E-state index in [-0.39, 0.29) is 11.5 Å². The highest BCUT2D eigenvalue weighted by Gasteiger charge is 2.59. The number of hydrogen-bond donors (Lipinski definition) is 2. The summed E-state index contributed by atoms with van der Waals surface area (Å²) >= 11 is 0. The van der Waals surface area contributed by atoms with E-state index in [2.05, 4.69) is 87.7 Å². The monoisotopic (exact) mass is 672 g/mol. The number of hydrogen-bond acceptors (Lipinski definition) is 3. The minimum absolute atomic E-state index is 0.188. The number of allylic oxidation sites excluding steroid dienone is 1. The van der Waals surface area contributed by atoms with Crippen LogP contribution in [0.4, 0.5) is 15.3 Å². The summed E-state index contributed by atoms with van der Waals surface area (Å²) in [5, 5.41) is 12.1. The van der Waals surface area contributed by atoms with Gasteiger partial charge in [-0.2, -0.15) is 0 Å². The number of imide groups is 1. The number of carbonyl (C=O) groups is 2. The zero-order chi connectivity index (χ0) is 34.8. The molecule has 0 saturated heterocycles. The van der Waals surface area contributed by atoms with Gasteiger partial charge in [0.1, 0.15) is 6.10 Å². The van der Waals surface area contributed by atoms with Crippen LogP contribution in [-0.4, -0.2) is 18.2 Å². The van der Waals surface area contributed by atoms with Crippen molar-refractivity contribution in [1.82, 2.24) is 5.32 Å². The van der Waals surface area contributed by atoms with Gasteiger partial charge >= 0.3 is 12.1 Å². The Labute approximate surface area is 298 Å². The van der Waals surface area contributed by atoms with Gasteiger partial charge in [0.25, 0.3) is 0 Å². The molecule has 0 spiro atoms. The number of urea groups is 1. The third kappa shape index (κ3) is 5.67. The Bertz CT molecular complexity index is 1930. The van der Waals surface area contributed by atoms with Crippen molar-refractivity contribution >= 4 is 50.1 Å². The van der Waals surface area contributed by atoms with Gasteiger partial charge in [-0.1, -0.05) is 114 Å². The van der Waals surface area contributed by atoms with E-state index < -0.39 is 12.1 Å². The van der Waals surface area contributed by atoms with Crippen molar-refractivity contribution in [2.24, 2.45) is 46.3 Å². The van der Waals surface area contributed by atoms with Crippen molar-refractivity contribution in [1.29, 1.82) is 0 Å². The lowest BCUT2D eigenvalue weighted by Crippen LogP contribution is -2.51. The number of amides is 3. The second-order valence-corrected chi connectivity index (χ2v) is 17.6. The van der Waals surface area contributed by atoms with Gasteiger partial charge in [-0.05, 0) is 124 Å². The zero-order valence-corrected chi connectivity index (χ0v) is 30.8. The molecule has 8 atom stereocenters. The second kappa shape index (κ2) is 12.9. The average molecular weight is 673 g/mol. The molecule has 5 heteroatoms. The van der Waals surface area contributed by atoms with Crippen LogP contribution in [0.1, 0.15) is 105 Å². The Hall–Kier alpha value is -3.60. The fraction of sp³-hybridized carbons (Fsp3) is 0.556. The molecule has 264 valence electrons. The van der Waals surface area contributed by atoms with Crippen LogP contribution in [0.5, 0.6) is 0 Å². The van der Waals surface area contributed by atoms with E-state index in [0.717, 1.165) is 70.9 Å². The van der Waals surface area contributed by atoms with Gasteiger partial charge in [-0.3, -0.25) is 0 Å². The summed E-state index contributed by atoms with van der Waals surface area (Å²) in [5.74, 6) is 4.83.